The van der Waals surface area contributed by atoms with Crippen LogP contribution in [0.3, 0.4) is 0 Å². The number of nitrogens with zero attached hydrogens (tertiary/aromatic N) is 1. The minimum atomic E-state index is -0.797. The van der Waals surface area contributed by atoms with E-state index in [4.69, 9.17) is 0 Å². The van der Waals surface area contributed by atoms with Crippen LogP contribution in [0.5, 0.6) is 0 Å². The quantitative estimate of drug-likeness (QED) is 0.809. The molecule has 118 valence electrons. The standard InChI is InChI=1S/C20H21NO2/c1-13-10-14(2)18-16(11-13)21(4)19(23)20(18,3)12-17(22)15-8-6-5-7-9-15/h5-11H,12H2,1-4H3. The summed E-state index contributed by atoms with van der Waals surface area (Å²) < 4.78 is 0. The Bertz CT molecular complexity index is 795. The number of hydrogen-bond acceptors (Lipinski definition) is 2. The molecule has 1 aliphatic heterocycles. The summed E-state index contributed by atoms with van der Waals surface area (Å²) in [5.41, 5.74) is 3.97. The van der Waals surface area contributed by atoms with Crippen molar-refractivity contribution in [3.05, 3.63) is 64.7 Å². The number of Topliss-reactive ketones (excluding diaryl/α,β-unsaturated/α-hetero) is 1. The van der Waals surface area contributed by atoms with Crippen LogP contribution in [-0.4, -0.2) is 18.7 Å². The summed E-state index contributed by atoms with van der Waals surface area (Å²) >= 11 is 0. The van der Waals surface area contributed by atoms with Gasteiger partial charge >= 0.3 is 0 Å². The Balaban J connectivity index is 2.06. The number of anilines is 1. The highest BCUT2D eigenvalue weighted by Crippen LogP contribution is 2.46. The number of carbonyl (C=O) groups is 2. The molecule has 3 rings (SSSR count). The van der Waals surface area contributed by atoms with Gasteiger partial charge in [0.15, 0.2) is 5.78 Å². The number of fused-ring (bicyclic) bond motifs is 1. The maximum Gasteiger partial charge on any atom is 0.237 e. The normalized spacial score (nSPS) is 19.8. The lowest BCUT2D eigenvalue weighted by Crippen LogP contribution is -2.38. The average molecular weight is 307 g/mol. The second kappa shape index (κ2) is 5.34. The first-order valence-corrected chi connectivity index (χ1v) is 7.83. The van der Waals surface area contributed by atoms with Gasteiger partial charge in [-0.05, 0) is 43.5 Å². The van der Waals surface area contributed by atoms with Crippen LogP contribution in [0.4, 0.5) is 5.69 Å². The van der Waals surface area contributed by atoms with Crippen molar-refractivity contribution in [2.75, 3.05) is 11.9 Å². The second-order valence-electron chi connectivity index (χ2n) is 6.64. The van der Waals surface area contributed by atoms with Crippen LogP contribution in [0.15, 0.2) is 42.5 Å². The van der Waals surface area contributed by atoms with Crippen LogP contribution in [0.25, 0.3) is 0 Å². The van der Waals surface area contributed by atoms with Gasteiger partial charge in [0, 0.05) is 24.7 Å². The summed E-state index contributed by atoms with van der Waals surface area (Å²) in [5, 5.41) is 0. The van der Waals surface area contributed by atoms with Gasteiger partial charge in [-0.15, -0.1) is 0 Å². The maximum absolute atomic E-state index is 12.9. The van der Waals surface area contributed by atoms with Gasteiger partial charge in [0.05, 0.1) is 5.41 Å². The number of rotatable bonds is 3. The minimum Gasteiger partial charge on any atom is -0.314 e. The number of likely N-dealkylation sites (N-methyl/N-ethyl adjacent to an activating group) is 1. The predicted molar refractivity (Wildman–Crippen MR) is 92.1 cm³/mol. The zero-order valence-corrected chi connectivity index (χ0v) is 14.0. The van der Waals surface area contributed by atoms with Crippen LogP contribution in [0, 0.1) is 13.8 Å². The van der Waals surface area contributed by atoms with Crippen molar-refractivity contribution in [1.82, 2.24) is 0 Å². The monoisotopic (exact) mass is 307 g/mol. The molecule has 1 atom stereocenters. The van der Waals surface area contributed by atoms with E-state index in [0.717, 1.165) is 22.4 Å². The number of aryl methyl sites for hydroxylation is 2. The Hall–Kier alpha value is -2.42. The van der Waals surface area contributed by atoms with Crippen molar-refractivity contribution in [3.63, 3.8) is 0 Å². The van der Waals surface area contributed by atoms with E-state index >= 15 is 0 Å². The Morgan fingerprint density at radius 1 is 1.13 bits per heavy atom. The predicted octanol–water partition coefficient (Wildman–Crippen LogP) is 3.81. The zero-order chi connectivity index (χ0) is 16.8. The SMILES string of the molecule is Cc1cc(C)c2c(c1)N(C)C(=O)C2(C)CC(=O)c1ccccc1. The van der Waals surface area contributed by atoms with Crippen LogP contribution >= 0.6 is 0 Å². The molecule has 0 N–H and O–H groups in total. The molecule has 1 amide bonds. The van der Waals surface area contributed by atoms with Crippen LogP contribution in [0.2, 0.25) is 0 Å². The molecule has 0 saturated carbocycles. The highest BCUT2D eigenvalue weighted by molar-refractivity contribution is 6.11. The second-order valence-corrected chi connectivity index (χ2v) is 6.64. The lowest BCUT2D eigenvalue weighted by Gasteiger charge is -2.24. The molecule has 2 aromatic carbocycles. The molecule has 1 unspecified atom stereocenters. The number of ketones is 1. The number of hydrogen-bond donors (Lipinski definition) is 0. The lowest BCUT2D eigenvalue weighted by molar-refractivity contribution is -0.122. The summed E-state index contributed by atoms with van der Waals surface area (Å²) in [4.78, 5) is 27.3. The summed E-state index contributed by atoms with van der Waals surface area (Å²) in [6.45, 7) is 5.93. The van der Waals surface area contributed by atoms with Crippen molar-refractivity contribution in [2.45, 2.75) is 32.6 Å². The molecule has 0 fully saturated rings. The fourth-order valence-electron chi connectivity index (χ4n) is 3.73. The maximum atomic E-state index is 12.9. The first kappa shape index (κ1) is 15.5. The molecule has 1 aliphatic rings. The van der Waals surface area contributed by atoms with E-state index in [0.29, 0.717) is 5.56 Å². The molecule has 3 nitrogen and oxygen atoms in total. The number of benzene rings is 2. The highest BCUT2D eigenvalue weighted by Gasteiger charge is 2.48. The molecule has 23 heavy (non-hydrogen) atoms. The van der Waals surface area contributed by atoms with E-state index in [2.05, 4.69) is 6.07 Å². The van der Waals surface area contributed by atoms with Gasteiger partial charge in [-0.25, -0.2) is 0 Å². The van der Waals surface area contributed by atoms with Gasteiger partial charge in [-0.1, -0.05) is 36.4 Å². The molecule has 0 saturated heterocycles. The van der Waals surface area contributed by atoms with Gasteiger partial charge in [0.2, 0.25) is 5.91 Å². The van der Waals surface area contributed by atoms with Gasteiger partial charge in [0.1, 0.15) is 0 Å². The third-order valence-electron chi connectivity index (χ3n) is 4.76. The van der Waals surface area contributed by atoms with E-state index in [9.17, 15) is 9.59 Å². The third-order valence-corrected chi connectivity index (χ3v) is 4.76. The molecule has 0 aliphatic carbocycles. The Kier molecular flexibility index (Phi) is 3.59. The van der Waals surface area contributed by atoms with Crippen LogP contribution in [0.1, 0.15) is 40.4 Å². The molecule has 2 aromatic rings. The lowest BCUT2D eigenvalue weighted by atomic mass is 9.76. The van der Waals surface area contributed by atoms with Crippen molar-refractivity contribution in [1.29, 1.82) is 0 Å². The minimum absolute atomic E-state index is 0.00248. The molecular weight excluding hydrogens is 286 g/mol. The molecule has 3 heteroatoms. The van der Waals surface area contributed by atoms with Gasteiger partial charge in [-0.3, -0.25) is 9.59 Å². The Labute approximate surface area is 136 Å². The zero-order valence-electron chi connectivity index (χ0n) is 14.0. The van der Waals surface area contributed by atoms with Crippen LogP contribution < -0.4 is 4.90 Å². The molecule has 0 radical (unpaired) electrons. The van der Waals surface area contributed by atoms with Gasteiger partial charge in [-0.2, -0.15) is 0 Å². The van der Waals surface area contributed by atoms with E-state index in [-0.39, 0.29) is 18.1 Å². The number of carbonyl (C=O) groups excluding carboxylic acids is 2. The van der Waals surface area contributed by atoms with Crippen molar-refractivity contribution < 1.29 is 9.59 Å². The smallest absolute Gasteiger partial charge is 0.237 e. The summed E-state index contributed by atoms with van der Waals surface area (Å²) in [6, 6.07) is 13.3. The fraction of sp³-hybridized carbons (Fsp3) is 0.300. The van der Waals surface area contributed by atoms with Crippen LogP contribution in [-0.2, 0) is 10.2 Å². The third kappa shape index (κ3) is 2.37. The summed E-state index contributed by atoms with van der Waals surface area (Å²) in [7, 11) is 1.79. The first-order valence-electron chi connectivity index (χ1n) is 7.83. The Morgan fingerprint density at radius 3 is 2.43 bits per heavy atom. The van der Waals surface area contributed by atoms with E-state index < -0.39 is 5.41 Å². The fourth-order valence-corrected chi connectivity index (χ4v) is 3.73. The van der Waals surface area contributed by atoms with Crippen molar-refractivity contribution >= 4 is 17.4 Å². The van der Waals surface area contributed by atoms with Gasteiger partial charge < -0.3 is 4.90 Å². The Morgan fingerprint density at radius 2 is 1.78 bits per heavy atom. The number of amides is 1. The van der Waals surface area contributed by atoms with Crippen molar-refractivity contribution in [3.8, 4) is 0 Å². The van der Waals surface area contributed by atoms with E-state index in [1.54, 1.807) is 24.1 Å². The summed E-state index contributed by atoms with van der Waals surface area (Å²) in [5.74, 6) is -0.00634. The van der Waals surface area contributed by atoms with Gasteiger partial charge in [0.25, 0.3) is 0 Å². The molecule has 0 bridgehead atoms. The molecule has 0 aromatic heterocycles. The summed E-state index contributed by atoms with van der Waals surface area (Å²) in [6.07, 6.45) is 0.192. The average Bonchev–Trinajstić information content (AvgIpc) is 2.70. The topological polar surface area (TPSA) is 37.4 Å². The molecular formula is C20H21NO2. The highest BCUT2D eigenvalue weighted by atomic mass is 16.2. The van der Waals surface area contributed by atoms with Crippen molar-refractivity contribution in [2.24, 2.45) is 0 Å². The molecule has 1 heterocycles. The first-order chi connectivity index (χ1) is 10.8. The van der Waals surface area contributed by atoms with E-state index in [1.165, 1.54) is 0 Å². The van der Waals surface area contributed by atoms with E-state index in [1.807, 2.05) is 45.0 Å². The largest absolute Gasteiger partial charge is 0.314 e. The molecule has 0 spiro atoms.